The van der Waals surface area contributed by atoms with Crippen LogP contribution in [0.15, 0.2) is 64.7 Å². The number of likely N-dealkylation sites (tertiary alicyclic amines) is 1. The lowest BCUT2D eigenvalue weighted by Gasteiger charge is -2.42. The number of thiophene rings is 2. The molecule has 2 atom stereocenters. The minimum absolute atomic E-state index is 0.0208. The van der Waals surface area contributed by atoms with Crippen molar-refractivity contribution in [2.45, 2.75) is 18.1 Å². The van der Waals surface area contributed by atoms with E-state index in [4.69, 9.17) is 4.74 Å². The summed E-state index contributed by atoms with van der Waals surface area (Å²) in [6.45, 7) is 2.29. The maximum atomic E-state index is 13.7. The molecule has 5 rings (SSSR count). The number of nitrogens with zero attached hydrogens (tertiary/aromatic N) is 2. The van der Waals surface area contributed by atoms with Crippen molar-refractivity contribution in [1.29, 1.82) is 0 Å². The third-order valence-electron chi connectivity index (χ3n) is 5.95. The van der Waals surface area contributed by atoms with Crippen molar-refractivity contribution in [1.82, 2.24) is 9.80 Å². The van der Waals surface area contributed by atoms with Gasteiger partial charge in [-0.3, -0.25) is 9.59 Å². The normalized spacial score (nSPS) is 24.0. The molecule has 1 aromatic carbocycles. The number of rotatable bonds is 4. The van der Waals surface area contributed by atoms with Gasteiger partial charge in [0.1, 0.15) is 0 Å². The standard InChI is InChI=1S/C23H22N2O3S2/c26-21(18-8-12-29-15-18)24-9-10-28-23(16-24)20(17-5-2-1-3-6-17)14-25(22(23)27)13-19-7-4-11-30-19/h1-8,11-12,15,20H,9-10,13-14,16H2/t20-,23-/m1/s1. The lowest BCUT2D eigenvalue weighted by molar-refractivity contribution is -0.160. The van der Waals surface area contributed by atoms with Gasteiger partial charge in [0.25, 0.3) is 11.8 Å². The number of morpholine rings is 1. The number of ether oxygens (including phenoxy) is 1. The van der Waals surface area contributed by atoms with Gasteiger partial charge in [0, 0.05) is 29.3 Å². The Morgan fingerprint density at radius 2 is 2.00 bits per heavy atom. The van der Waals surface area contributed by atoms with Crippen LogP contribution < -0.4 is 0 Å². The molecule has 5 nitrogen and oxygen atoms in total. The van der Waals surface area contributed by atoms with Gasteiger partial charge in [0.05, 0.1) is 25.3 Å². The highest BCUT2D eigenvalue weighted by molar-refractivity contribution is 7.09. The molecule has 30 heavy (non-hydrogen) atoms. The van der Waals surface area contributed by atoms with Crippen LogP contribution in [0.4, 0.5) is 0 Å². The molecule has 1 spiro atoms. The second-order valence-electron chi connectivity index (χ2n) is 7.70. The second-order valence-corrected chi connectivity index (χ2v) is 9.52. The maximum absolute atomic E-state index is 13.7. The Hall–Kier alpha value is -2.48. The molecule has 4 heterocycles. The van der Waals surface area contributed by atoms with Crippen LogP contribution in [0.5, 0.6) is 0 Å². The van der Waals surface area contributed by atoms with Gasteiger partial charge in [-0.05, 0) is 28.5 Å². The number of carbonyl (C=O) groups is 2. The highest BCUT2D eigenvalue weighted by Crippen LogP contribution is 2.43. The quantitative estimate of drug-likeness (QED) is 0.622. The van der Waals surface area contributed by atoms with Crippen molar-refractivity contribution in [3.05, 3.63) is 80.7 Å². The van der Waals surface area contributed by atoms with Crippen molar-refractivity contribution >= 4 is 34.5 Å². The van der Waals surface area contributed by atoms with Crippen LogP contribution in [0.25, 0.3) is 0 Å². The summed E-state index contributed by atoms with van der Waals surface area (Å²) in [6.07, 6.45) is 0. The van der Waals surface area contributed by atoms with Gasteiger partial charge >= 0.3 is 0 Å². The fraction of sp³-hybridized carbons (Fsp3) is 0.304. The van der Waals surface area contributed by atoms with Crippen LogP contribution >= 0.6 is 22.7 Å². The summed E-state index contributed by atoms with van der Waals surface area (Å²) >= 11 is 3.15. The van der Waals surface area contributed by atoms with E-state index in [-0.39, 0.29) is 24.3 Å². The SMILES string of the molecule is O=C(c1ccsc1)N1CCO[C@@]2(C1)C(=O)N(Cc1cccs1)C[C@@H]2c1ccccc1. The lowest BCUT2D eigenvalue weighted by atomic mass is 9.83. The summed E-state index contributed by atoms with van der Waals surface area (Å²) in [5.41, 5.74) is 0.710. The van der Waals surface area contributed by atoms with E-state index in [0.717, 1.165) is 10.4 Å². The maximum Gasteiger partial charge on any atom is 0.257 e. The van der Waals surface area contributed by atoms with Crippen molar-refractivity contribution in [2.24, 2.45) is 0 Å². The van der Waals surface area contributed by atoms with Crippen molar-refractivity contribution in [3.8, 4) is 0 Å². The summed E-state index contributed by atoms with van der Waals surface area (Å²) in [4.78, 5) is 31.6. The van der Waals surface area contributed by atoms with Crippen LogP contribution in [-0.4, -0.2) is 53.5 Å². The van der Waals surface area contributed by atoms with E-state index < -0.39 is 5.60 Å². The first-order valence-corrected chi connectivity index (χ1v) is 11.8. The van der Waals surface area contributed by atoms with E-state index in [1.165, 1.54) is 11.3 Å². The van der Waals surface area contributed by atoms with Crippen molar-refractivity contribution in [3.63, 3.8) is 0 Å². The summed E-state index contributed by atoms with van der Waals surface area (Å²) in [5.74, 6) is -0.174. The first kappa shape index (κ1) is 19.5. The Kier molecular flexibility index (Phi) is 5.18. The number of amides is 2. The highest BCUT2D eigenvalue weighted by atomic mass is 32.1. The smallest absolute Gasteiger partial charge is 0.257 e. The minimum Gasteiger partial charge on any atom is -0.361 e. The van der Waals surface area contributed by atoms with E-state index in [1.807, 2.05) is 51.4 Å². The molecule has 2 fully saturated rings. The van der Waals surface area contributed by atoms with Gasteiger partial charge < -0.3 is 14.5 Å². The molecule has 154 valence electrons. The summed E-state index contributed by atoms with van der Waals surface area (Å²) < 4.78 is 6.27. The molecule has 0 N–H and O–H groups in total. The van der Waals surface area contributed by atoms with Crippen LogP contribution in [0.1, 0.15) is 26.7 Å². The Morgan fingerprint density at radius 1 is 1.13 bits per heavy atom. The van der Waals surface area contributed by atoms with E-state index >= 15 is 0 Å². The zero-order valence-corrected chi connectivity index (χ0v) is 18.0. The molecule has 7 heteroatoms. The molecule has 3 aromatic rings. The fourth-order valence-electron chi connectivity index (χ4n) is 4.48. The third-order valence-corrected chi connectivity index (χ3v) is 7.49. The number of hydrogen-bond acceptors (Lipinski definition) is 5. The molecule has 2 saturated heterocycles. The zero-order valence-electron chi connectivity index (χ0n) is 16.4. The average molecular weight is 439 g/mol. The van der Waals surface area contributed by atoms with Gasteiger partial charge in [-0.2, -0.15) is 11.3 Å². The second kappa shape index (κ2) is 7.98. The Labute approximate surface area is 183 Å². The summed E-state index contributed by atoms with van der Waals surface area (Å²) in [6, 6.07) is 16.0. The molecule has 2 aliphatic rings. The number of carbonyl (C=O) groups excluding carboxylic acids is 2. The molecule has 0 bridgehead atoms. The molecule has 2 amide bonds. The van der Waals surface area contributed by atoms with Gasteiger partial charge in [0.15, 0.2) is 5.60 Å². The van der Waals surface area contributed by atoms with Gasteiger partial charge in [-0.25, -0.2) is 0 Å². The molecular formula is C23H22N2O3S2. The van der Waals surface area contributed by atoms with Crippen LogP contribution in [0.2, 0.25) is 0 Å². The van der Waals surface area contributed by atoms with Gasteiger partial charge in [-0.1, -0.05) is 36.4 Å². The first-order chi connectivity index (χ1) is 14.7. The van der Waals surface area contributed by atoms with Crippen molar-refractivity contribution in [2.75, 3.05) is 26.2 Å². The minimum atomic E-state index is -1.04. The molecule has 2 aromatic heterocycles. The zero-order chi connectivity index (χ0) is 20.6. The predicted octanol–water partition coefficient (Wildman–Crippen LogP) is 3.85. The van der Waals surface area contributed by atoms with Gasteiger partial charge in [0.2, 0.25) is 0 Å². The monoisotopic (exact) mass is 438 g/mol. The fourth-order valence-corrected chi connectivity index (χ4v) is 5.83. The lowest BCUT2D eigenvalue weighted by Crippen LogP contribution is -2.59. The van der Waals surface area contributed by atoms with E-state index in [2.05, 4.69) is 18.2 Å². The topological polar surface area (TPSA) is 49.9 Å². The molecule has 0 aliphatic carbocycles. The molecule has 0 saturated carbocycles. The Bertz CT molecular complexity index is 1020. The summed E-state index contributed by atoms with van der Waals surface area (Å²) in [5, 5.41) is 5.79. The van der Waals surface area contributed by atoms with Crippen LogP contribution in [0.3, 0.4) is 0 Å². The first-order valence-electron chi connectivity index (χ1n) is 9.99. The largest absolute Gasteiger partial charge is 0.361 e. The molecule has 0 radical (unpaired) electrons. The van der Waals surface area contributed by atoms with E-state index in [1.54, 1.807) is 16.2 Å². The Morgan fingerprint density at radius 3 is 2.73 bits per heavy atom. The van der Waals surface area contributed by atoms with E-state index in [9.17, 15) is 9.59 Å². The highest BCUT2D eigenvalue weighted by Gasteiger charge is 2.58. The number of hydrogen-bond donors (Lipinski definition) is 0. The number of benzene rings is 1. The average Bonchev–Trinajstić information content (AvgIpc) is 3.54. The van der Waals surface area contributed by atoms with Crippen molar-refractivity contribution < 1.29 is 14.3 Å². The molecular weight excluding hydrogens is 416 g/mol. The summed E-state index contributed by atoms with van der Waals surface area (Å²) in [7, 11) is 0. The van der Waals surface area contributed by atoms with Crippen LogP contribution in [-0.2, 0) is 16.1 Å². The molecule has 2 aliphatic heterocycles. The Balaban J connectivity index is 1.48. The predicted molar refractivity (Wildman–Crippen MR) is 118 cm³/mol. The third kappa shape index (κ3) is 3.37. The van der Waals surface area contributed by atoms with Gasteiger partial charge in [-0.15, -0.1) is 11.3 Å². The van der Waals surface area contributed by atoms with Crippen LogP contribution in [0, 0.1) is 0 Å². The van der Waals surface area contributed by atoms with E-state index in [0.29, 0.717) is 31.8 Å². The molecule has 0 unspecified atom stereocenters.